The number of nitrogens with zero attached hydrogens (tertiary/aromatic N) is 3. The average molecular weight is 338 g/mol. The van der Waals surface area contributed by atoms with Crippen LogP contribution in [0.15, 0.2) is 24.3 Å². The van der Waals surface area contributed by atoms with Crippen molar-refractivity contribution in [3.8, 4) is 0 Å². The predicted molar refractivity (Wildman–Crippen MR) is 95.6 cm³/mol. The molecule has 3 saturated heterocycles. The van der Waals surface area contributed by atoms with E-state index in [1.165, 1.54) is 0 Å². The van der Waals surface area contributed by atoms with Crippen molar-refractivity contribution in [3.05, 3.63) is 24.3 Å². The summed E-state index contributed by atoms with van der Waals surface area (Å²) in [7, 11) is 0. The summed E-state index contributed by atoms with van der Waals surface area (Å²) in [5.74, 6) is 1.36. The van der Waals surface area contributed by atoms with Crippen LogP contribution in [-0.2, 0) is 9.53 Å². The van der Waals surface area contributed by atoms with E-state index in [1.807, 2.05) is 24.3 Å². The van der Waals surface area contributed by atoms with Gasteiger partial charge in [-0.1, -0.05) is 12.1 Å². The van der Waals surface area contributed by atoms with Gasteiger partial charge in [-0.25, -0.2) is 9.97 Å². The van der Waals surface area contributed by atoms with Gasteiger partial charge in [-0.15, -0.1) is 0 Å². The van der Waals surface area contributed by atoms with Gasteiger partial charge in [0.25, 0.3) is 0 Å². The number of carbonyl (C=O) groups is 1. The largest absolute Gasteiger partial charge is 0.374 e. The van der Waals surface area contributed by atoms with Gasteiger partial charge in [-0.05, 0) is 44.2 Å². The van der Waals surface area contributed by atoms with Crippen molar-refractivity contribution in [1.29, 1.82) is 0 Å². The molecule has 2 aromatic rings. The Labute approximate surface area is 146 Å². The fraction of sp³-hybridized carbons (Fsp3) is 0.526. The number of para-hydroxylation sites is 2. The van der Waals surface area contributed by atoms with Crippen LogP contribution in [0, 0.1) is 5.92 Å². The molecule has 0 unspecified atom stereocenters. The minimum Gasteiger partial charge on any atom is -0.374 e. The van der Waals surface area contributed by atoms with Gasteiger partial charge in [0.1, 0.15) is 0 Å². The van der Waals surface area contributed by atoms with E-state index in [4.69, 9.17) is 14.7 Å². The Balaban J connectivity index is 1.48. The minimum absolute atomic E-state index is 0.0252. The zero-order valence-electron chi connectivity index (χ0n) is 14.1. The van der Waals surface area contributed by atoms with Crippen LogP contribution in [0.5, 0.6) is 0 Å². The molecule has 1 N–H and O–H groups in total. The molecule has 5 rings (SSSR count). The molecule has 3 atom stereocenters. The summed E-state index contributed by atoms with van der Waals surface area (Å²) in [6.07, 6.45) is 5.56. The van der Waals surface area contributed by atoms with Gasteiger partial charge in [0.2, 0.25) is 5.91 Å². The molecule has 0 radical (unpaired) electrons. The molecule has 1 amide bonds. The first-order valence-corrected chi connectivity index (χ1v) is 9.26. The third-order valence-electron chi connectivity index (χ3n) is 5.64. The van der Waals surface area contributed by atoms with E-state index in [9.17, 15) is 4.79 Å². The highest BCUT2D eigenvalue weighted by Crippen LogP contribution is 2.39. The zero-order chi connectivity index (χ0) is 16.8. The van der Waals surface area contributed by atoms with Crippen LogP contribution >= 0.6 is 0 Å². The molecule has 0 spiro atoms. The van der Waals surface area contributed by atoms with Crippen LogP contribution in [-0.4, -0.2) is 41.2 Å². The van der Waals surface area contributed by atoms with E-state index >= 15 is 0 Å². The van der Waals surface area contributed by atoms with E-state index in [-0.39, 0.29) is 24.0 Å². The van der Waals surface area contributed by atoms with Crippen LogP contribution < -0.4 is 10.2 Å². The summed E-state index contributed by atoms with van der Waals surface area (Å²) in [6, 6.07) is 7.82. The van der Waals surface area contributed by atoms with Gasteiger partial charge in [0, 0.05) is 13.1 Å². The zero-order valence-corrected chi connectivity index (χ0v) is 14.1. The fourth-order valence-corrected chi connectivity index (χ4v) is 4.35. The van der Waals surface area contributed by atoms with Gasteiger partial charge in [-0.2, -0.15) is 0 Å². The quantitative estimate of drug-likeness (QED) is 0.932. The second-order valence-corrected chi connectivity index (χ2v) is 7.28. The Hall–Kier alpha value is -2.21. The van der Waals surface area contributed by atoms with E-state index in [1.54, 1.807) is 0 Å². The molecule has 1 aromatic heterocycles. The fourth-order valence-electron chi connectivity index (χ4n) is 4.35. The molecule has 3 aliphatic rings. The molecular formula is C19H22N4O2. The lowest BCUT2D eigenvalue weighted by Crippen LogP contribution is -2.32. The highest BCUT2D eigenvalue weighted by molar-refractivity contribution is 5.96. The van der Waals surface area contributed by atoms with Crippen molar-refractivity contribution in [2.75, 3.05) is 23.3 Å². The van der Waals surface area contributed by atoms with E-state index in [0.29, 0.717) is 5.82 Å². The minimum atomic E-state index is -0.0570. The molecule has 3 aliphatic heterocycles. The van der Waals surface area contributed by atoms with Gasteiger partial charge in [-0.3, -0.25) is 4.79 Å². The average Bonchev–Trinajstić information content (AvgIpc) is 3.38. The standard InChI is InChI=1S/C19H22N4O2/c24-19(13-11-12-7-8-16(13)25-12)22-17-18(23-9-3-4-10-23)21-15-6-2-1-5-14(15)20-17/h1-2,5-6,12-13,16H,3-4,7-11H2,(H,20,22,24)/t12-,13+,16-/m1/s1. The first-order chi connectivity index (χ1) is 12.3. The van der Waals surface area contributed by atoms with Crippen LogP contribution in [0.3, 0.4) is 0 Å². The second-order valence-electron chi connectivity index (χ2n) is 7.28. The lowest BCUT2D eigenvalue weighted by molar-refractivity contribution is -0.121. The van der Waals surface area contributed by atoms with Crippen molar-refractivity contribution in [1.82, 2.24) is 9.97 Å². The Morgan fingerprint density at radius 3 is 2.56 bits per heavy atom. The van der Waals surface area contributed by atoms with Gasteiger partial charge in [0.05, 0.1) is 29.2 Å². The highest BCUT2D eigenvalue weighted by Gasteiger charge is 2.44. The summed E-state index contributed by atoms with van der Waals surface area (Å²) in [5, 5.41) is 3.07. The Kier molecular flexibility index (Phi) is 3.59. The maximum absolute atomic E-state index is 12.8. The number of hydrogen-bond donors (Lipinski definition) is 1. The number of nitrogens with one attached hydrogen (secondary N) is 1. The molecule has 6 nitrogen and oxygen atoms in total. The predicted octanol–water partition coefficient (Wildman–Crippen LogP) is 2.74. The van der Waals surface area contributed by atoms with Crippen molar-refractivity contribution < 1.29 is 9.53 Å². The monoisotopic (exact) mass is 338 g/mol. The summed E-state index contributed by atoms with van der Waals surface area (Å²) < 4.78 is 5.84. The second kappa shape index (κ2) is 5.95. The van der Waals surface area contributed by atoms with E-state index in [2.05, 4.69) is 10.2 Å². The maximum atomic E-state index is 12.8. The number of benzene rings is 1. The molecule has 25 heavy (non-hydrogen) atoms. The van der Waals surface area contributed by atoms with Crippen LogP contribution in [0.1, 0.15) is 32.1 Å². The lowest BCUT2D eigenvalue weighted by Gasteiger charge is -2.22. The van der Waals surface area contributed by atoms with E-state index in [0.717, 1.165) is 62.0 Å². The van der Waals surface area contributed by atoms with Crippen LogP contribution in [0.25, 0.3) is 11.0 Å². The molecule has 0 saturated carbocycles. The normalized spacial score (nSPS) is 28.0. The Morgan fingerprint density at radius 1 is 1.12 bits per heavy atom. The molecule has 3 fully saturated rings. The molecule has 2 bridgehead atoms. The number of fused-ring (bicyclic) bond motifs is 3. The third kappa shape index (κ3) is 2.65. The number of carbonyl (C=O) groups excluding carboxylic acids is 1. The van der Waals surface area contributed by atoms with E-state index < -0.39 is 0 Å². The first-order valence-electron chi connectivity index (χ1n) is 9.26. The topological polar surface area (TPSA) is 67.4 Å². The Bertz CT molecular complexity index is 818. The summed E-state index contributed by atoms with van der Waals surface area (Å²) >= 11 is 0. The smallest absolute Gasteiger partial charge is 0.231 e. The van der Waals surface area contributed by atoms with Gasteiger partial charge >= 0.3 is 0 Å². The van der Waals surface area contributed by atoms with Crippen molar-refractivity contribution in [2.24, 2.45) is 5.92 Å². The summed E-state index contributed by atoms with van der Waals surface area (Å²) in [5.41, 5.74) is 1.68. The molecule has 0 aliphatic carbocycles. The molecule has 4 heterocycles. The van der Waals surface area contributed by atoms with Gasteiger partial charge < -0.3 is 15.0 Å². The van der Waals surface area contributed by atoms with Crippen LogP contribution in [0.4, 0.5) is 11.6 Å². The Morgan fingerprint density at radius 2 is 1.88 bits per heavy atom. The van der Waals surface area contributed by atoms with Crippen molar-refractivity contribution in [2.45, 2.75) is 44.3 Å². The number of aromatic nitrogens is 2. The molecule has 130 valence electrons. The number of anilines is 2. The maximum Gasteiger partial charge on any atom is 0.231 e. The number of ether oxygens (including phenoxy) is 1. The van der Waals surface area contributed by atoms with Crippen molar-refractivity contribution >= 4 is 28.6 Å². The van der Waals surface area contributed by atoms with Crippen LogP contribution in [0.2, 0.25) is 0 Å². The number of rotatable bonds is 3. The molecule has 6 heteroatoms. The molecule has 1 aromatic carbocycles. The van der Waals surface area contributed by atoms with Crippen molar-refractivity contribution in [3.63, 3.8) is 0 Å². The first kappa shape index (κ1) is 15.1. The van der Waals surface area contributed by atoms with Gasteiger partial charge in [0.15, 0.2) is 11.6 Å². The third-order valence-corrected chi connectivity index (χ3v) is 5.64. The summed E-state index contributed by atoms with van der Waals surface area (Å²) in [4.78, 5) is 24.6. The lowest BCUT2D eigenvalue weighted by atomic mass is 9.88. The molecular weight excluding hydrogens is 316 g/mol. The SMILES string of the molecule is O=C(Nc1nc2ccccc2nc1N1CCCC1)[C@H]1C[C@H]2CC[C@H]1O2. The number of amides is 1. The number of hydrogen-bond acceptors (Lipinski definition) is 5. The highest BCUT2D eigenvalue weighted by atomic mass is 16.5. The summed E-state index contributed by atoms with van der Waals surface area (Å²) in [6.45, 7) is 1.93.